The van der Waals surface area contributed by atoms with Crippen LogP contribution in [0.15, 0.2) is 78.4 Å². The second kappa shape index (κ2) is 7.89. The fourth-order valence-electron chi connectivity index (χ4n) is 4.28. The van der Waals surface area contributed by atoms with Gasteiger partial charge in [0, 0.05) is 17.7 Å². The fourth-order valence-corrected chi connectivity index (χ4v) is 4.28. The van der Waals surface area contributed by atoms with E-state index in [9.17, 15) is 14.7 Å². The SMILES string of the molecule is COc1ccc(N2C(=O)C(=O)/C(=C(\O)c3ccc4c(c3)CCO4)C2c2ccccc2)cc1. The van der Waals surface area contributed by atoms with Crippen LogP contribution in [0.4, 0.5) is 5.69 Å². The first-order valence-corrected chi connectivity index (χ1v) is 10.3. The van der Waals surface area contributed by atoms with E-state index in [1.807, 2.05) is 36.4 Å². The second-order valence-electron chi connectivity index (χ2n) is 7.70. The number of hydrogen-bond acceptors (Lipinski definition) is 5. The van der Waals surface area contributed by atoms with E-state index < -0.39 is 17.7 Å². The molecule has 0 saturated carbocycles. The lowest BCUT2D eigenvalue weighted by Crippen LogP contribution is -2.29. The van der Waals surface area contributed by atoms with Gasteiger partial charge in [-0.3, -0.25) is 14.5 Å². The first-order valence-electron chi connectivity index (χ1n) is 10.3. The molecule has 0 aliphatic carbocycles. The molecule has 0 bridgehead atoms. The number of ether oxygens (including phenoxy) is 2. The van der Waals surface area contributed by atoms with E-state index in [1.54, 1.807) is 43.5 Å². The van der Waals surface area contributed by atoms with Gasteiger partial charge in [-0.15, -0.1) is 0 Å². The zero-order chi connectivity index (χ0) is 22.2. The van der Waals surface area contributed by atoms with Crippen molar-refractivity contribution in [2.75, 3.05) is 18.6 Å². The molecule has 1 atom stereocenters. The number of aliphatic hydroxyl groups is 1. The Bertz CT molecular complexity index is 1230. The highest BCUT2D eigenvalue weighted by Crippen LogP contribution is 2.42. The number of aliphatic hydroxyl groups excluding tert-OH is 1. The number of carbonyl (C=O) groups is 2. The molecule has 32 heavy (non-hydrogen) atoms. The fraction of sp³-hybridized carbons (Fsp3) is 0.154. The van der Waals surface area contributed by atoms with Crippen LogP contribution in [-0.2, 0) is 16.0 Å². The van der Waals surface area contributed by atoms with Gasteiger partial charge in [0.25, 0.3) is 11.7 Å². The molecular weight excluding hydrogens is 406 g/mol. The minimum atomic E-state index is -0.755. The van der Waals surface area contributed by atoms with Crippen molar-refractivity contribution in [3.05, 3.63) is 95.1 Å². The molecule has 3 aromatic rings. The first kappa shape index (κ1) is 19.9. The van der Waals surface area contributed by atoms with Gasteiger partial charge < -0.3 is 14.6 Å². The van der Waals surface area contributed by atoms with Crippen molar-refractivity contribution in [1.82, 2.24) is 0 Å². The van der Waals surface area contributed by atoms with E-state index in [0.29, 0.717) is 23.6 Å². The Balaban J connectivity index is 1.67. The number of nitrogens with zero attached hydrogens (tertiary/aromatic N) is 1. The molecule has 2 heterocycles. The molecule has 1 fully saturated rings. The topological polar surface area (TPSA) is 76.1 Å². The monoisotopic (exact) mass is 427 g/mol. The molecule has 2 aliphatic rings. The van der Waals surface area contributed by atoms with Crippen LogP contribution in [0, 0.1) is 0 Å². The summed E-state index contributed by atoms with van der Waals surface area (Å²) < 4.78 is 10.8. The zero-order valence-corrected chi connectivity index (χ0v) is 17.4. The Morgan fingerprint density at radius 1 is 1.03 bits per heavy atom. The van der Waals surface area contributed by atoms with Crippen molar-refractivity contribution in [2.24, 2.45) is 0 Å². The normalized spacial score (nSPS) is 19.0. The van der Waals surface area contributed by atoms with E-state index in [-0.39, 0.29) is 11.3 Å². The minimum Gasteiger partial charge on any atom is -0.507 e. The van der Waals surface area contributed by atoms with Gasteiger partial charge in [-0.25, -0.2) is 0 Å². The van der Waals surface area contributed by atoms with Crippen LogP contribution in [0.25, 0.3) is 5.76 Å². The van der Waals surface area contributed by atoms with E-state index in [0.717, 1.165) is 23.3 Å². The Morgan fingerprint density at radius 2 is 1.78 bits per heavy atom. The Morgan fingerprint density at radius 3 is 2.50 bits per heavy atom. The molecule has 5 rings (SSSR count). The summed E-state index contributed by atoms with van der Waals surface area (Å²) >= 11 is 0. The highest BCUT2D eigenvalue weighted by molar-refractivity contribution is 6.51. The lowest BCUT2D eigenvalue weighted by Gasteiger charge is -2.25. The van der Waals surface area contributed by atoms with Gasteiger partial charge in [0.1, 0.15) is 17.3 Å². The number of methoxy groups -OCH3 is 1. The summed E-state index contributed by atoms with van der Waals surface area (Å²) in [6.07, 6.45) is 0.735. The predicted molar refractivity (Wildman–Crippen MR) is 120 cm³/mol. The Kier molecular flexibility index (Phi) is 4.90. The number of benzene rings is 3. The largest absolute Gasteiger partial charge is 0.507 e. The maximum atomic E-state index is 13.2. The van der Waals surface area contributed by atoms with Crippen LogP contribution in [-0.4, -0.2) is 30.5 Å². The maximum Gasteiger partial charge on any atom is 0.300 e. The molecule has 2 aliphatic heterocycles. The van der Waals surface area contributed by atoms with Crippen molar-refractivity contribution in [3.63, 3.8) is 0 Å². The third-order valence-corrected chi connectivity index (χ3v) is 5.87. The second-order valence-corrected chi connectivity index (χ2v) is 7.70. The summed E-state index contributed by atoms with van der Waals surface area (Å²) in [5.74, 6) is -0.177. The number of Topliss-reactive ketones (excluding diaryl/α,β-unsaturated/α-hetero) is 1. The molecule has 6 heteroatoms. The lowest BCUT2D eigenvalue weighted by atomic mass is 9.94. The van der Waals surface area contributed by atoms with Crippen molar-refractivity contribution in [1.29, 1.82) is 0 Å². The van der Waals surface area contributed by atoms with Gasteiger partial charge in [0.15, 0.2) is 0 Å². The number of amides is 1. The summed E-state index contributed by atoms with van der Waals surface area (Å²) in [5.41, 5.74) is 2.80. The van der Waals surface area contributed by atoms with Crippen molar-refractivity contribution in [3.8, 4) is 11.5 Å². The molecular formula is C26H21NO5. The average molecular weight is 427 g/mol. The van der Waals surface area contributed by atoms with E-state index in [2.05, 4.69) is 0 Å². The van der Waals surface area contributed by atoms with Crippen LogP contribution in [0.1, 0.15) is 22.7 Å². The maximum absolute atomic E-state index is 13.2. The van der Waals surface area contributed by atoms with Crippen LogP contribution in [0.3, 0.4) is 0 Å². The number of carbonyl (C=O) groups excluding carboxylic acids is 2. The van der Waals surface area contributed by atoms with Crippen LogP contribution in [0.2, 0.25) is 0 Å². The van der Waals surface area contributed by atoms with Gasteiger partial charge in [-0.1, -0.05) is 30.3 Å². The molecule has 0 aromatic heterocycles. The van der Waals surface area contributed by atoms with Gasteiger partial charge in [-0.05, 0) is 53.6 Å². The highest BCUT2D eigenvalue weighted by Gasteiger charge is 2.47. The summed E-state index contributed by atoms with van der Waals surface area (Å²) in [5, 5.41) is 11.2. The molecule has 3 aromatic carbocycles. The number of rotatable bonds is 4. The minimum absolute atomic E-state index is 0.0656. The number of fused-ring (bicyclic) bond motifs is 1. The van der Waals surface area contributed by atoms with E-state index >= 15 is 0 Å². The molecule has 160 valence electrons. The average Bonchev–Trinajstić information content (AvgIpc) is 3.41. The first-order chi connectivity index (χ1) is 15.6. The third-order valence-electron chi connectivity index (χ3n) is 5.87. The molecule has 0 radical (unpaired) electrons. The zero-order valence-electron chi connectivity index (χ0n) is 17.4. The van der Waals surface area contributed by atoms with Crippen molar-refractivity contribution < 1.29 is 24.2 Å². The third kappa shape index (κ3) is 3.21. The van der Waals surface area contributed by atoms with Gasteiger partial charge in [-0.2, -0.15) is 0 Å². The molecule has 0 spiro atoms. The lowest BCUT2D eigenvalue weighted by molar-refractivity contribution is -0.132. The van der Waals surface area contributed by atoms with Crippen molar-refractivity contribution in [2.45, 2.75) is 12.5 Å². The smallest absolute Gasteiger partial charge is 0.300 e. The molecule has 1 N–H and O–H groups in total. The highest BCUT2D eigenvalue weighted by atomic mass is 16.5. The molecule has 1 unspecified atom stereocenters. The van der Waals surface area contributed by atoms with E-state index in [4.69, 9.17) is 9.47 Å². The van der Waals surface area contributed by atoms with Gasteiger partial charge >= 0.3 is 0 Å². The predicted octanol–water partition coefficient (Wildman–Crippen LogP) is 4.26. The molecule has 6 nitrogen and oxygen atoms in total. The van der Waals surface area contributed by atoms with Gasteiger partial charge in [0.05, 0.1) is 25.3 Å². The number of hydrogen-bond donors (Lipinski definition) is 1. The van der Waals surface area contributed by atoms with Crippen LogP contribution < -0.4 is 14.4 Å². The summed E-state index contributed by atoms with van der Waals surface area (Å²) in [6, 6.07) is 20.7. The van der Waals surface area contributed by atoms with Gasteiger partial charge in [0.2, 0.25) is 0 Å². The number of ketones is 1. The number of anilines is 1. The van der Waals surface area contributed by atoms with Crippen molar-refractivity contribution >= 4 is 23.1 Å². The summed E-state index contributed by atoms with van der Waals surface area (Å²) in [4.78, 5) is 27.8. The Labute approximate surface area is 185 Å². The Hall–Kier alpha value is -4.06. The molecule has 1 saturated heterocycles. The van der Waals surface area contributed by atoms with E-state index in [1.165, 1.54) is 4.90 Å². The molecule has 1 amide bonds. The van der Waals surface area contributed by atoms with Crippen LogP contribution in [0.5, 0.6) is 11.5 Å². The quantitative estimate of drug-likeness (QED) is 0.383. The summed E-state index contributed by atoms with van der Waals surface area (Å²) in [6.45, 7) is 0.589. The summed E-state index contributed by atoms with van der Waals surface area (Å²) in [7, 11) is 1.56. The van der Waals surface area contributed by atoms with Crippen LogP contribution >= 0.6 is 0 Å². The standard InChI is InChI=1S/C26H21NO5/c1-31-20-10-8-19(9-11-20)27-23(16-5-3-2-4-6-16)22(25(29)26(27)30)24(28)18-7-12-21-17(15-18)13-14-32-21/h2-12,15,23,28H,13-14H2,1H3/b24-22-.